The summed E-state index contributed by atoms with van der Waals surface area (Å²) in [4.78, 5) is 10.4. The first-order valence-corrected chi connectivity index (χ1v) is 4.68. The molecule has 1 aliphatic rings. The zero-order valence-corrected chi connectivity index (χ0v) is 7.77. The number of ether oxygens (including phenoxy) is 1. The molecule has 0 aromatic heterocycles. The van der Waals surface area contributed by atoms with Gasteiger partial charge in [0.15, 0.2) is 0 Å². The fourth-order valence-corrected chi connectivity index (χ4v) is 1.75. The van der Waals surface area contributed by atoms with Crippen molar-refractivity contribution in [3.05, 3.63) is 35.4 Å². The van der Waals surface area contributed by atoms with E-state index in [2.05, 4.69) is 0 Å². The molecule has 3 nitrogen and oxygen atoms in total. The molecule has 1 aromatic carbocycles. The lowest BCUT2D eigenvalue weighted by molar-refractivity contribution is -0.137. The number of carboxylic acid groups (broad SMARTS) is 1. The third-order valence-electron chi connectivity index (χ3n) is 2.46. The van der Waals surface area contributed by atoms with Crippen LogP contribution in [0.3, 0.4) is 0 Å². The lowest BCUT2D eigenvalue weighted by Crippen LogP contribution is -2.01. The largest absolute Gasteiger partial charge is 0.481 e. The van der Waals surface area contributed by atoms with Gasteiger partial charge in [-0.2, -0.15) is 0 Å². The van der Waals surface area contributed by atoms with Crippen LogP contribution < -0.4 is 0 Å². The summed E-state index contributed by atoms with van der Waals surface area (Å²) in [6.07, 6.45) is 0.702. The van der Waals surface area contributed by atoms with Crippen molar-refractivity contribution in [3.8, 4) is 0 Å². The van der Waals surface area contributed by atoms with E-state index in [9.17, 15) is 4.79 Å². The predicted molar refractivity (Wildman–Crippen MR) is 50.8 cm³/mol. The van der Waals surface area contributed by atoms with Crippen LogP contribution in [0.1, 0.15) is 30.1 Å². The fraction of sp³-hybridized carbons (Fsp3) is 0.364. The van der Waals surface area contributed by atoms with E-state index in [1.54, 1.807) is 0 Å². The number of carbonyl (C=O) groups is 1. The summed E-state index contributed by atoms with van der Waals surface area (Å²) >= 11 is 0. The number of aliphatic carboxylic acids is 1. The lowest BCUT2D eigenvalue weighted by atomic mass is 10.0. The number of carboxylic acids is 1. The van der Waals surface area contributed by atoms with Gasteiger partial charge in [-0.3, -0.25) is 4.79 Å². The minimum atomic E-state index is -0.766. The van der Waals surface area contributed by atoms with Gasteiger partial charge in [-0.05, 0) is 17.5 Å². The van der Waals surface area contributed by atoms with Crippen LogP contribution in [0.15, 0.2) is 24.3 Å². The Hall–Kier alpha value is -1.35. The van der Waals surface area contributed by atoms with E-state index >= 15 is 0 Å². The fourth-order valence-electron chi connectivity index (χ4n) is 1.75. The lowest BCUT2D eigenvalue weighted by Gasteiger charge is -2.08. The zero-order chi connectivity index (χ0) is 9.97. The van der Waals surface area contributed by atoms with E-state index in [0.29, 0.717) is 13.0 Å². The Morgan fingerprint density at radius 3 is 3.07 bits per heavy atom. The monoisotopic (exact) mass is 192 g/mol. The van der Waals surface area contributed by atoms with Crippen molar-refractivity contribution in [2.45, 2.75) is 25.6 Å². The summed E-state index contributed by atoms with van der Waals surface area (Å²) in [6.45, 7) is 0.612. The number of fused-ring (bicyclic) bond motifs is 1. The Balaban J connectivity index is 2.07. The molecule has 0 bridgehead atoms. The van der Waals surface area contributed by atoms with Gasteiger partial charge in [0.05, 0.1) is 12.7 Å². The second kappa shape index (κ2) is 3.80. The molecule has 0 spiro atoms. The maximum atomic E-state index is 10.4. The van der Waals surface area contributed by atoms with Gasteiger partial charge in [0.25, 0.3) is 0 Å². The minimum absolute atomic E-state index is 0.0256. The predicted octanol–water partition coefficient (Wildman–Crippen LogP) is 2.12. The second-order valence-corrected chi connectivity index (χ2v) is 3.43. The van der Waals surface area contributed by atoms with Crippen LogP contribution in [0.25, 0.3) is 0 Å². The van der Waals surface area contributed by atoms with Gasteiger partial charge >= 0.3 is 5.97 Å². The highest BCUT2D eigenvalue weighted by atomic mass is 16.5. The molecule has 3 heteroatoms. The van der Waals surface area contributed by atoms with Crippen LogP contribution in [-0.4, -0.2) is 11.1 Å². The first kappa shape index (κ1) is 9.21. The first-order valence-electron chi connectivity index (χ1n) is 4.68. The van der Waals surface area contributed by atoms with Gasteiger partial charge in [-0.25, -0.2) is 0 Å². The molecule has 0 aliphatic carbocycles. The topological polar surface area (TPSA) is 46.5 Å². The quantitative estimate of drug-likeness (QED) is 0.797. The van der Waals surface area contributed by atoms with Gasteiger partial charge < -0.3 is 9.84 Å². The maximum Gasteiger partial charge on any atom is 0.303 e. The SMILES string of the molecule is O=C(O)CC[C@@H]1OCc2ccccc21. The van der Waals surface area contributed by atoms with Gasteiger partial charge in [0, 0.05) is 6.42 Å². The van der Waals surface area contributed by atoms with Crippen molar-refractivity contribution in [1.82, 2.24) is 0 Å². The molecule has 1 heterocycles. The smallest absolute Gasteiger partial charge is 0.303 e. The van der Waals surface area contributed by atoms with Crippen LogP contribution in [0.4, 0.5) is 0 Å². The average molecular weight is 192 g/mol. The summed E-state index contributed by atoms with van der Waals surface area (Å²) in [5.74, 6) is -0.766. The van der Waals surface area contributed by atoms with Crippen molar-refractivity contribution in [1.29, 1.82) is 0 Å². The molecule has 1 atom stereocenters. The highest BCUT2D eigenvalue weighted by molar-refractivity contribution is 5.66. The Labute approximate surface area is 82.3 Å². The zero-order valence-electron chi connectivity index (χ0n) is 7.77. The van der Waals surface area contributed by atoms with Crippen LogP contribution in [0.5, 0.6) is 0 Å². The number of hydrogen-bond donors (Lipinski definition) is 1. The van der Waals surface area contributed by atoms with Crippen LogP contribution in [-0.2, 0) is 16.1 Å². The molecule has 0 unspecified atom stereocenters. The standard InChI is InChI=1S/C11H12O3/c12-11(13)6-5-10-9-4-2-1-3-8(9)7-14-10/h1-4,10H,5-7H2,(H,12,13)/t10-/m0/s1. The third-order valence-corrected chi connectivity index (χ3v) is 2.46. The summed E-state index contributed by atoms with van der Waals surface area (Å²) in [5.41, 5.74) is 2.33. The number of hydrogen-bond acceptors (Lipinski definition) is 2. The minimum Gasteiger partial charge on any atom is -0.481 e. The average Bonchev–Trinajstić information content (AvgIpc) is 2.58. The van der Waals surface area contributed by atoms with Crippen LogP contribution in [0, 0.1) is 0 Å². The van der Waals surface area contributed by atoms with E-state index < -0.39 is 5.97 Å². The van der Waals surface area contributed by atoms with E-state index in [1.165, 1.54) is 5.56 Å². The molecule has 1 aliphatic heterocycles. The molecule has 74 valence electrons. The van der Waals surface area contributed by atoms with Crippen molar-refractivity contribution in [3.63, 3.8) is 0 Å². The summed E-state index contributed by atoms with van der Waals surface area (Å²) in [5, 5.41) is 8.57. The van der Waals surface area contributed by atoms with Gasteiger partial charge in [-0.1, -0.05) is 24.3 Å². The highest BCUT2D eigenvalue weighted by Crippen LogP contribution is 2.33. The van der Waals surface area contributed by atoms with Gasteiger partial charge in [0.1, 0.15) is 0 Å². The van der Waals surface area contributed by atoms with Crippen molar-refractivity contribution >= 4 is 5.97 Å². The summed E-state index contributed by atoms with van der Waals surface area (Å²) < 4.78 is 5.51. The highest BCUT2D eigenvalue weighted by Gasteiger charge is 2.22. The Morgan fingerprint density at radius 2 is 2.29 bits per heavy atom. The van der Waals surface area contributed by atoms with E-state index in [-0.39, 0.29) is 12.5 Å². The molecule has 14 heavy (non-hydrogen) atoms. The van der Waals surface area contributed by atoms with Crippen molar-refractivity contribution in [2.75, 3.05) is 0 Å². The third kappa shape index (κ3) is 1.77. The molecule has 0 radical (unpaired) electrons. The summed E-state index contributed by atoms with van der Waals surface area (Å²) in [7, 11) is 0. The van der Waals surface area contributed by atoms with Crippen LogP contribution in [0.2, 0.25) is 0 Å². The normalized spacial score (nSPS) is 19.3. The Morgan fingerprint density at radius 1 is 1.50 bits per heavy atom. The first-order chi connectivity index (χ1) is 6.77. The van der Waals surface area contributed by atoms with E-state index in [0.717, 1.165) is 5.56 Å². The second-order valence-electron chi connectivity index (χ2n) is 3.43. The molecule has 0 saturated carbocycles. The molecule has 0 amide bonds. The van der Waals surface area contributed by atoms with Gasteiger partial charge in [0.2, 0.25) is 0 Å². The van der Waals surface area contributed by atoms with E-state index in [4.69, 9.17) is 9.84 Å². The van der Waals surface area contributed by atoms with E-state index in [1.807, 2.05) is 24.3 Å². The molecule has 1 N–H and O–H groups in total. The molecular formula is C11H12O3. The molecule has 2 rings (SSSR count). The number of benzene rings is 1. The Bertz CT molecular complexity index is 346. The van der Waals surface area contributed by atoms with Crippen molar-refractivity contribution in [2.24, 2.45) is 0 Å². The summed E-state index contributed by atoms with van der Waals surface area (Å²) in [6, 6.07) is 7.97. The van der Waals surface area contributed by atoms with Crippen molar-refractivity contribution < 1.29 is 14.6 Å². The number of rotatable bonds is 3. The Kier molecular flexibility index (Phi) is 2.50. The van der Waals surface area contributed by atoms with Gasteiger partial charge in [-0.15, -0.1) is 0 Å². The maximum absolute atomic E-state index is 10.4. The molecule has 0 fully saturated rings. The van der Waals surface area contributed by atoms with Crippen LogP contribution >= 0.6 is 0 Å². The molecule has 0 saturated heterocycles. The molecular weight excluding hydrogens is 180 g/mol. The molecule has 1 aromatic rings.